The van der Waals surface area contributed by atoms with E-state index in [2.05, 4.69) is 10.5 Å². The number of carbonyl (C=O) groups is 1. The van der Waals surface area contributed by atoms with Gasteiger partial charge in [-0.15, -0.1) is 0 Å². The fraction of sp³-hybridized carbons (Fsp3) is 0.300. The molecule has 1 N–H and O–H groups in total. The highest BCUT2D eigenvalue weighted by Gasteiger charge is 2.22. The Hall–Kier alpha value is -2.82. The summed E-state index contributed by atoms with van der Waals surface area (Å²) in [5, 5.41) is 6.75. The Morgan fingerprint density at radius 2 is 1.72 bits per heavy atom. The molecule has 0 aliphatic carbocycles. The molecule has 0 fully saturated rings. The van der Waals surface area contributed by atoms with Crippen LogP contribution in [0.25, 0.3) is 0 Å². The Kier molecular flexibility index (Phi) is 6.57. The zero-order valence-electron chi connectivity index (χ0n) is 15.1. The number of rotatable bonds is 6. The maximum atomic E-state index is 11.6. The number of oxime groups is 1. The molecule has 2 aromatic carbocycles. The molecule has 1 amide bonds. The van der Waals surface area contributed by atoms with Gasteiger partial charge in [-0.1, -0.05) is 53.7 Å². The average Bonchev–Trinajstić information content (AvgIpc) is 2.58. The maximum absolute atomic E-state index is 11.6. The molecule has 0 bridgehead atoms. The lowest BCUT2D eigenvalue weighted by molar-refractivity contribution is -0.117. The van der Waals surface area contributed by atoms with Crippen molar-refractivity contribution in [3.05, 3.63) is 65.2 Å². The minimum Gasteiger partial charge on any atom is -0.492 e. The van der Waals surface area contributed by atoms with Gasteiger partial charge in [0.15, 0.2) is 5.84 Å². The third-order valence-corrected chi connectivity index (χ3v) is 3.83. The lowest BCUT2D eigenvalue weighted by atomic mass is 9.98. The van der Waals surface area contributed by atoms with E-state index in [-0.39, 0.29) is 11.8 Å². The van der Waals surface area contributed by atoms with E-state index < -0.39 is 0 Å². The van der Waals surface area contributed by atoms with Gasteiger partial charge in [-0.2, -0.15) is 0 Å². The summed E-state index contributed by atoms with van der Waals surface area (Å²) in [7, 11) is 1.45. The molecule has 0 aromatic heterocycles. The number of nitrogens with one attached hydrogen (secondary N) is 1. The van der Waals surface area contributed by atoms with Crippen molar-refractivity contribution in [3.63, 3.8) is 0 Å². The second kappa shape index (κ2) is 8.87. The third kappa shape index (κ3) is 5.08. The van der Waals surface area contributed by atoms with Crippen LogP contribution in [0.2, 0.25) is 0 Å². The first-order valence-electron chi connectivity index (χ1n) is 8.15. The Balaban J connectivity index is 2.32. The van der Waals surface area contributed by atoms with E-state index in [1.54, 1.807) is 0 Å². The summed E-state index contributed by atoms with van der Waals surface area (Å²) >= 11 is 0. The number of amides is 1. The fourth-order valence-electron chi connectivity index (χ4n) is 2.66. The molecular weight excluding hydrogens is 316 g/mol. The van der Waals surface area contributed by atoms with Crippen LogP contribution in [0.4, 0.5) is 0 Å². The maximum Gasteiger partial charge on any atom is 0.222 e. The normalized spacial score (nSPS) is 12.4. The molecule has 2 aromatic rings. The number of para-hydroxylation sites is 1. The van der Waals surface area contributed by atoms with E-state index in [0.29, 0.717) is 12.4 Å². The molecule has 0 radical (unpaired) electrons. The van der Waals surface area contributed by atoms with Crippen LogP contribution in [0, 0.1) is 13.8 Å². The number of carbonyl (C=O) groups excluding carboxylic acids is 1. The zero-order valence-corrected chi connectivity index (χ0v) is 15.1. The number of ether oxygens (including phenoxy) is 1. The van der Waals surface area contributed by atoms with Crippen molar-refractivity contribution in [1.82, 2.24) is 5.32 Å². The first-order valence-corrected chi connectivity index (χ1v) is 8.15. The van der Waals surface area contributed by atoms with Gasteiger partial charge in [-0.25, -0.2) is 0 Å². The SMILES string of the molecule is CON=C(NC(C)=O)C(COc1c(C)cccc1C)c1ccccc1. The van der Waals surface area contributed by atoms with Crippen LogP contribution in [0.5, 0.6) is 5.75 Å². The van der Waals surface area contributed by atoms with Crippen molar-refractivity contribution in [2.45, 2.75) is 26.7 Å². The summed E-state index contributed by atoms with van der Waals surface area (Å²) in [6.45, 7) is 5.80. The molecule has 0 saturated carbocycles. The Morgan fingerprint density at radius 1 is 1.08 bits per heavy atom. The van der Waals surface area contributed by atoms with Crippen LogP contribution in [0.3, 0.4) is 0 Å². The highest BCUT2D eigenvalue weighted by Crippen LogP contribution is 2.25. The van der Waals surface area contributed by atoms with Gasteiger partial charge in [0.05, 0.1) is 5.92 Å². The van der Waals surface area contributed by atoms with Crippen molar-refractivity contribution in [1.29, 1.82) is 0 Å². The van der Waals surface area contributed by atoms with Crippen molar-refractivity contribution < 1.29 is 14.4 Å². The van der Waals surface area contributed by atoms with Gasteiger partial charge in [0.1, 0.15) is 19.5 Å². The number of amidine groups is 1. The highest BCUT2D eigenvalue weighted by atomic mass is 16.6. The Morgan fingerprint density at radius 3 is 2.28 bits per heavy atom. The summed E-state index contributed by atoms with van der Waals surface area (Å²) < 4.78 is 6.11. The summed E-state index contributed by atoms with van der Waals surface area (Å²) in [5.41, 5.74) is 3.12. The quantitative estimate of drug-likeness (QED) is 0.497. The Labute approximate surface area is 148 Å². The molecule has 25 heavy (non-hydrogen) atoms. The molecule has 0 saturated heterocycles. The van der Waals surface area contributed by atoms with Crippen molar-refractivity contribution in [2.75, 3.05) is 13.7 Å². The summed E-state index contributed by atoms with van der Waals surface area (Å²) in [6, 6.07) is 15.8. The number of benzene rings is 2. The molecule has 132 valence electrons. The third-order valence-electron chi connectivity index (χ3n) is 3.83. The van der Waals surface area contributed by atoms with Gasteiger partial charge in [0.2, 0.25) is 5.91 Å². The number of nitrogens with zero attached hydrogens (tertiary/aromatic N) is 1. The van der Waals surface area contributed by atoms with Crippen LogP contribution < -0.4 is 10.1 Å². The van der Waals surface area contributed by atoms with Crippen LogP contribution >= 0.6 is 0 Å². The second-order valence-corrected chi connectivity index (χ2v) is 5.84. The van der Waals surface area contributed by atoms with E-state index in [1.165, 1.54) is 14.0 Å². The molecule has 0 aliphatic heterocycles. The lowest BCUT2D eigenvalue weighted by Gasteiger charge is -2.21. The molecule has 5 heteroatoms. The fourth-order valence-corrected chi connectivity index (χ4v) is 2.66. The van der Waals surface area contributed by atoms with Crippen molar-refractivity contribution >= 4 is 11.7 Å². The molecule has 5 nitrogen and oxygen atoms in total. The van der Waals surface area contributed by atoms with E-state index in [9.17, 15) is 4.79 Å². The predicted octanol–water partition coefficient (Wildman–Crippen LogP) is 3.56. The number of hydrogen-bond acceptors (Lipinski definition) is 4. The highest BCUT2D eigenvalue weighted by molar-refractivity contribution is 6.00. The van der Waals surface area contributed by atoms with Gasteiger partial charge in [0, 0.05) is 6.92 Å². The molecule has 0 aliphatic rings. The van der Waals surface area contributed by atoms with E-state index in [0.717, 1.165) is 22.4 Å². The average molecular weight is 340 g/mol. The van der Waals surface area contributed by atoms with E-state index >= 15 is 0 Å². The molecule has 1 atom stereocenters. The molecular formula is C20H24N2O3. The topological polar surface area (TPSA) is 59.9 Å². The molecule has 0 spiro atoms. The van der Waals surface area contributed by atoms with Crippen LogP contribution in [0.1, 0.15) is 29.5 Å². The standard InChI is InChI=1S/C20H24N2O3/c1-14-9-8-10-15(2)19(14)25-13-18(17-11-6-5-7-12-17)20(22-24-4)21-16(3)23/h5-12,18H,13H2,1-4H3,(H,21,22,23). The zero-order chi connectivity index (χ0) is 18.2. The minimum absolute atomic E-state index is 0.205. The predicted molar refractivity (Wildman–Crippen MR) is 98.9 cm³/mol. The molecule has 2 rings (SSSR count). The first kappa shape index (κ1) is 18.5. The second-order valence-electron chi connectivity index (χ2n) is 5.84. The van der Waals surface area contributed by atoms with Crippen LogP contribution in [0.15, 0.2) is 53.7 Å². The van der Waals surface area contributed by atoms with Crippen molar-refractivity contribution in [2.24, 2.45) is 5.16 Å². The smallest absolute Gasteiger partial charge is 0.222 e. The van der Waals surface area contributed by atoms with Gasteiger partial charge < -0.3 is 14.9 Å². The van der Waals surface area contributed by atoms with Crippen LogP contribution in [-0.2, 0) is 9.63 Å². The lowest BCUT2D eigenvalue weighted by Crippen LogP contribution is -2.36. The van der Waals surface area contributed by atoms with Gasteiger partial charge >= 0.3 is 0 Å². The first-order chi connectivity index (χ1) is 12.0. The minimum atomic E-state index is -0.260. The van der Waals surface area contributed by atoms with E-state index in [1.807, 2.05) is 62.4 Å². The molecule has 1 unspecified atom stereocenters. The summed E-state index contributed by atoms with van der Waals surface area (Å²) in [6.07, 6.45) is 0. The van der Waals surface area contributed by atoms with E-state index in [4.69, 9.17) is 9.57 Å². The monoisotopic (exact) mass is 340 g/mol. The summed E-state index contributed by atoms with van der Waals surface area (Å²) in [4.78, 5) is 16.5. The van der Waals surface area contributed by atoms with Crippen molar-refractivity contribution in [3.8, 4) is 5.75 Å². The van der Waals surface area contributed by atoms with Gasteiger partial charge in [-0.05, 0) is 30.5 Å². The summed E-state index contributed by atoms with van der Waals surface area (Å²) in [5.74, 6) is 0.809. The number of aryl methyl sites for hydroxylation is 2. The number of hydrogen-bond donors (Lipinski definition) is 1. The van der Waals surface area contributed by atoms with Gasteiger partial charge in [0.25, 0.3) is 0 Å². The van der Waals surface area contributed by atoms with Gasteiger partial charge in [-0.3, -0.25) is 4.79 Å². The Bertz CT molecular complexity index is 722. The largest absolute Gasteiger partial charge is 0.492 e. The molecule has 0 heterocycles. The van der Waals surface area contributed by atoms with Crippen LogP contribution in [-0.4, -0.2) is 25.5 Å².